The standard InChI is InChI=1S/C19H29NO4/c1-14(2)11-16(20-12-17(21)24-19(3,4)5)18(22)23-13-15-9-7-6-8-10-15/h6-10,14,16,20H,11-13H2,1-5H3. The largest absolute Gasteiger partial charge is 0.460 e. The first kappa shape index (κ1) is 20.2. The topological polar surface area (TPSA) is 64.6 Å². The molecule has 0 aliphatic carbocycles. The van der Waals surface area contributed by atoms with Gasteiger partial charge in [0.15, 0.2) is 0 Å². The Morgan fingerprint density at radius 1 is 1.12 bits per heavy atom. The molecular formula is C19H29NO4. The van der Waals surface area contributed by atoms with E-state index in [2.05, 4.69) is 5.32 Å². The number of hydrogen-bond donors (Lipinski definition) is 1. The molecule has 0 spiro atoms. The summed E-state index contributed by atoms with van der Waals surface area (Å²) in [6.07, 6.45) is 0.594. The SMILES string of the molecule is CC(C)CC(NCC(=O)OC(C)(C)C)C(=O)OCc1ccccc1. The average Bonchev–Trinajstić information content (AvgIpc) is 2.48. The fourth-order valence-electron chi connectivity index (χ4n) is 2.15. The molecule has 0 aliphatic rings. The highest BCUT2D eigenvalue weighted by Crippen LogP contribution is 2.10. The third kappa shape index (κ3) is 8.67. The number of hydrogen-bond acceptors (Lipinski definition) is 5. The smallest absolute Gasteiger partial charge is 0.323 e. The minimum atomic E-state index is -0.542. The number of nitrogens with one attached hydrogen (secondary N) is 1. The van der Waals surface area contributed by atoms with Crippen LogP contribution in [-0.2, 0) is 25.7 Å². The average molecular weight is 335 g/mol. The molecule has 24 heavy (non-hydrogen) atoms. The Morgan fingerprint density at radius 2 is 1.75 bits per heavy atom. The van der Waals surface area contributed by atoms with Crippen molar-refractivity contribution in [1.82, 2.24) is 5.32 Å². The molecule has 0 bridgehead atoms. The molecule has 0 saturated carbocycles. The zero-order valence-electron chi connectivity index (χ0n) is 15.3. The van der Waals surface area contributed by atoms with Gasteiger partial charge in [-0.05, 0) is 38.7 Å². The van der Waals surface area contributed by atoms with Crippen molar-refractivity contribution >= 4 is 11.9 Å². The van der Waals surface area contributed by atoms with E-state index in [1.807, 2.05) is 65.0 Å². The molecule has 5 nitrogen and oxygen atoms in total. The van der Waals surface area contributed by atoms with E-state index in [-0.39, 0.29) is 25.1 Å². The van der Waals surface area contributed by atoms with Crippen LogP contribution in [0.4, 0.5) is 0 Å². The zero-order valence-corrected chi connectivity index (χ0v) is 15.3. The molecule has 5 heteroatoms. The second-order valence-corrected chi connectivity index (χ2v) is 7.24. The Kier molecular flexibility index (Phi) is 7.92. The molecular weight excluding hydrogens is 306 g/mol. The van der Waals surface area contributed by atoms with Crippen molar-refractivity contribution in [2.24, 2.45) is 5.92 Å². The first-order valence-corrected chi connectivity index (χ1v) is 8.33. The molecule has 0 aliphatic heterocycles. The van der Waals surface area contributed by atoms with E-state index in [1.54, 1.807) is 0 Å². The van der Waals surface area contributed by atoms with Crippen LogP contribution < -0.4 is 5.32 Å². The van der Waals surface area contributed by atoms with Crippen molar-refractivity contribution in [2.45, 2.75) is 59.3 Å². The van der Waals surface area contributed by atoms with E-state index in [4.69, 9.17) is 9.47 Å². The molecule has 0 saturated heterocycles. The summed E-state index contributed by atoms with van der Waals surface area (Å²) >= 11 is 0. The van der Waals surface area contributed by atoms with Crippen LogP contribution in [-0.4, -0.2) is 30.1 Å². The highest BCUT2D eigenvalue weighted by Gasteiger charge is 2.23. The Bertz CT molecular complexity index is 520. The number of ether oxygens (including phenoxy) is 2. The van der Waals surface area contributed by atoms with Crippen LogP contribution >= 0.6 is 0 Å². The normalized spacial score (nSPS) is 12.8. The Morgan fingerprint density at radius 3 is 2.29 bits per heavy atom. The zero-order chi connectivity index (χ0) is 18.2. The van der Waals surface area contributed by atoms with Crippen LogP contribution in [0.2, 0.25) is 0 Å². The fourth-order valence-corrected chi connectivity index (χ4v) is 2.15. The maximum absolute atomic E-state index is 12.3. The van der Waals surface area contributed by atoms with E-state index >= 15 is 0 Å². The van der Waals surface area contributed by atoms with Crippen LogP contribution in [0.3, 0.4) is 0 Å². The summed E-state index contributed by atoms with van der Waals surface area (Å²) in [6, 6.07) is 8.99. The van der Waals surface area contributed by atoms with Gasteiger partial charge in [-0.1, -0.05) is 44.2 Å². The van der Waals surface area contributed by atoms with Gasteiger partial charge in [0.25, 0.3) is 0 Å². The number of benzene rings is 1. The first-order chi connectivity index (χ1) is 11.2. The van der Waals surface area contributed by atoms with Gasteiger partial charge in [0.1, 0.15) is 18.2 Å². The third-order valence-electron chi connectivity index (χ3n) is 3.13. The number of carbonyl (C=O) groups excluding carboxylic acids is 2. The summed E-state index contributed by atoms with van der Waals surface area (Å²) in [5, 5.41) is 2.96. The fraction of sp³-hybridized carbons (Fsp3) is 0.579. The lowest BCUT2D eigenvalue weighted by Gasteiger charge is -2.22. The van der Waals surface area contributed by atoms with Gasteiger partial charge in [-0.3, -0.25) is 14.9 Å². The molecule has 0 radical (unpaired) electrons. The lowest BCUT2D eigenvalue weighted by molar-refractivity contribution is -0.154. The van der Waals surface area contributed by atoms with Crippen molar-refractivity contribution < 1.29 is 19.1 Å². The minimum absolute atomic E-state index is 0.0188. The van der Waals surface area contributed by atoms with Crippen molar-refractivity contribution in [3.63, 3.8) is 0 Å². The molecule has 0 heterocycles. The molecule has 1 atom stereocenters. The number of carbonyl (C=O) groups is 2. The highest BCUT2D eigenvalue weighted by molar-refractivity contribution is 5.78. The Balaban J connectivity index is 2.54. The van der Waals surface area contributed by atoms with Gasteiger partial charge in [0.2, 0.25) is 0 Å². The molecule has 0 amide bonds. The maximum Gasteiger partial charge on any atom is 0.323 e. The Hall–Kier alpha value is -1.88. The molecule has 134 valence electrons. The monoisotopic (exact) mass is 335 g/mol. The lowest BCUT2D eigenvalue weighted by atomic mass is 10.0. The third-order valence-corrected chi connectivity index (χ3v) is 3.13. The minimum Gasteiger partial charge on any atom is -0.460 e. The lowest BCUT2D eigenvalue weighted by Crippen LogP contribution is -2.43. The second-order valence-electron chi connectivity index (χ2n) is 7.24. The van der Waals surface area contributed by atoms with E-state index in [9.17, 15) is 9.59 Å². The van der Waals surface area contributed by atoms with Crippen molar-refractivity contribution in [3.8, 4) is 0 Å². The van der Waals surface area contributed by atoms with Crippen LogP contribution in [0.15, 0.2) is 30.3 Å². The predicted octanol–water partition coefficient (Wildman–Crippen LogP) is 3.08. The molecule has 1 N–H and O–H groups in total. The van der Waals surface area contributed by atoms with Crippen LogP contribution in [0.1, 0.15) is 46.6 Å². The summed E-state index contributed by atoms with van der Waals surface area (Å²) in [5.74, 6) is -0.436. The Labute approximate surface area is 144 Å². The van der Waals surface area contributed by atoms with Gasteiger partial charge < -0.3 is 9.47 Å². The van der Waals surface area contributed by atoms with Gasteiger partial charge in [-0.2, -0.15) is 0 Å². The van der Waals surface area contributed by atoms with Gasteiger partial charge >= 0.3 is 11.9 Å². The van der Waals surface area contributed by atoms with Crippen LogP contribution in [0.25, 0.3) is 0 Å². The molecule has 1 aromatic carbocycles. The van der Waals surface area contributed by atoms with Gasteiger partial charge in [-0.25, -0.2) is 0 Å². The molecule has 1 aromatic rings. The summed E-state index contributed by atoms with van der Waals surface area (Å²) in [4.78, 5) is 24.1. The number of esters is 2. The molecule has 0 aromatic heterocycles. The van der Waals surface area contributed by atoms with Crippen molar-refractivity contribution in [2.75, 3.05) is 6.54 Å². The van der Waals surface area contributed by atoms with Gasteiger partial charge in [-0.15, -0.1) is 0 Å². The van der Waals surface area contributed by atoms with Crippen LogP contribution in [0, 0.1) is 5.92 Å². The summed E-state index contributed by atoms with van der Waals surface area (Å²) < 4.78 is 10.6. The quantitative estimate of drug-likeness (QED) is 0.740. The first-order valence-electron chi connectivity index (χ1n) is 8.33. The van der Waals surface area contributed by atoms with E-state index in [0.29, 0.717) is 12.3 Å². The predicted molar refractivity (Wildman–Crippen MR) is 93.3 cm³/mol. The summed E-state index contributed by atoms with van der Waals surface area (Å²) in [5.41, 5.74) is 0.390. The second kappa shape index (κ2) is 9.42. The molecule has 1 unspecified atom stereocenters. The van der Waals surface area contributed by atoms with E-state index in [1.165, 1.54) is 0 Å². The van der Waals surface area contributed by atoms with Crippen molar-refractivity contribution in [3.05, 3.63) is 35.9 Å². The molecule has 0 fully saturated rings. The van der Waals surface area contributed by atoms with Crippen LogP contribution in [0.5, 0.6) is 0 Å². The van der Waals surface area contributed by atoms with Gasteiger partial charge in [0.05, 0.1) is 6.54 Å². The summed E-state index contributed by atoms with van der Waals surface area (Å²) in [7, 11) is 0. The van der Waals surface area contributed by atoms with E-state index in [0.717, 1.165) is 5.56 Å². The maximum atomic E-state index is 12.3. The van der Waals surface area contributed by atoms with E-state index < -0.39 is 11.6 Å². The highest BCUT2D eigenvalue weighted by atomic mass is 16.6. The molecule has 1 rings (SSSR count). The number of rotatable bonds is 8. The van der Waals surface area contributed by atoms with Gasteiger partial charge in [0, 0.05) is 0 Å². The van der Waals surface area contributed by atoms with Crippen molar-refractivity contribution in [1.29, 1.82) is 0 Å². The summed E-state index contributed by atoms with van der Waals surface area (Å²) in [6.45, 7) is 9.68.